The van der Waals surface area contributed by atoms with Gasteiger partial charge in [-0.3, -0.25) is 4.79 Å². The average molecular weight is 242 g/mol. The summed E-state index contributed by atoms with van der Waals surface area (Å²) in [5.74, 6) is 3.38. The van der Waals surface area contributed by atoms with Crippen LogP contribution in [-0.4, -0.2) is 36.5 Å². The molecule has 1 amide bonds. The summed E-state index contributed by atoms with van der Waals surface area (Å²) in [4.78, 5) is 11.8. The molecule has 0 aromatic heterocycles. The number of hydrogen-bond acceptors (Lipinski definition) is 3. The first-order chi connectivity index (χ1) is 7.84. The lowest BCUT2D eigenvalue weighted by Crippen LogP contribution is -2.46. The minimum atomic E-state index is 0.269. The van der Waals surface area contributed by atoms with Crippen LogP contribution in [0.5, 0.6) is 0 Å². The highest BCUT2D eigenvalue weighted by atomic mass is 32.2. The predicted molar refractivity (Wildman–Crippen MR) is 68.7 cm³/mol. The maximum atomic E-state index is 11.8. The number of thioether (sulfide) groups is 1. The average Bonchev–Trinajstić information content (AvgIpc) is 2.31. The summed E-state index contributed by atoms with van der Waals surface area (Å²) in [7, 11) is 0. The number of rotatable bonds is 3. The Bertz CT molecular complexity index is 201. The van der Waals surface area contributed by atoms with Crippen molar-refractivity contribution >= 4 is 17.7 Å². The zero-order chi connectivity index (χ0) is 11.2. The van der Waals surface area contributed by atoms with Crippen molar-refractivity contribution in [2.45, 2.75) is 38.1 Å². The first-order valence-electron chi connectivity index (χ1n) is 6.42. The Morgan fingerprint density at radius 2 is 2.12 bits per heavy atom. The van der Waals surface area contributed by atoms with Gasteiger partial charge >= 0.3 is 0 Å². The van der Waals surface area contributed by atoms with Crippen molar-refractivity contribution in [2.24, 2.45) is 5.92 Å². The van der Waals surface area contributed by atoms with Gasteiger partial charge in [0.25, 0.3) is 0 Å². The molecule has 2 aliphatic rings. The maximum Gasteiger partial charge on any atom is 0.220 e. The zero-order valence-electron chi connectivity index (χ0n) is 9.84. The molecule has 2 saturated heterocycles. The van der Waals surface area contributed by atoms with Crippen molar-refractivity contribution in [1.29, 1.82) is 0 Å². The van der Waals surface area contributed by atoms with Crippen molar-refractivity contribution in [3.8, 4) is 0 Å². The Kier molecular flexibility index (Phi) is 4.97. The first kappa shape index (κ1) is 12.2. The summed E-state index contributed by atoms with van der Waals surface area (Å²) in [6, 6.07) is 0.374. The standard InChI is InChI=1S/C12H22N2OS/c15-12(8-10-3-6-16-7-4-10)14-11-2-1-5-13-9-11/h10-11,13H,1-9H2,(H,14,15). The van der Waals surface area contributed by atoms with E-state index in [1.165, 1.54) is 30.8 Å². The molecule has 3 nitrogen and oxygen atoms in total. The molecule has 0 aliphatic carbocycles. The van der Waals surface area contributed by atoms with Gasteiger partial charge in [0.1, 0.15) is 0 Å². The predicted octanol–water partition coefficient (Wildman–Crippen LogP) is 1.39. The highest BCUT2D eigenvalue weighted by Gasteiger charge is 2.20. The molecule has 2 aliphatic heterocycles. The van der Waals surface area contributed by atoms with Gasteiger partial charge in [-0.05, 0) is 49.7 Å². The molecule has 0 aromatic carbocycles. The van der Waals surface area contributed by atoms with Crippen molar-refractivity contribution in [1.82, 2.24) is 10.6 Å². The first-order valence-corrected chi connectivity index (χ1v) is 7.58. The molecular formula is C12H22N2OS. The number of carbonyl (C=O) groups is 1. The molecule has 2 heterocycles. The fraction of sp³-hybridized carbons (Fsp3) is 0.917. The molecule has 0 saturated carbocycles. The van der Waals surface area contributed by atoms with Gasteiger partial charge in [-0.25, -0.2) is 0 Å². The highest BCUT2D eigenvalue weighted by Crippen LogP contribution is 2.25. The van der Waals surface area contributed by atoms with E-state index >= 15 is 0 Å². The minimum Gasteiger partial charge on any atom is -0.352 e. The van der Waals surface area contributed by atoms with Gasteiger partial charge in [-0.2, -0.15) is 11.8 Å². The number of nitrogens with one attached hydrogen (secondary N) is 2. The quantitative estimate of drug-likeness (QED) is 0.786. The van der Waals surface area contributed by atoms with Gasteiger partial charge in [0, 0.05) is 19.0 Å². The zero-order valence-corrected chi connectivity index (χ0v) is 10.7. The molecule has 16 heavy (non-hydrogen) atoms. The second-order valence-electron chi connectivity index (χ2n) is 4.87. The van der Waals surface area contributed by atoms with E-state index in [2.05, 4.69) is 10.6 Å². The summed E-state index contributed by atoms with van der Waals surface area (Å²) in [5, 5.41) is 6.48. The summed E-state index contributed by atoms with van der Waals surface area (Å²) < 4.78 is 0. The van der Waals surface area contributed by atoms with Crippen LogP contribution < -0.4 is 10.6 Å². The van der Waals surface area contributed by atoms with Crippen molar-refractivity contribution in [3.05, 3.63) is 0 Å². The number of amides is 1. The third-order valence-corrected chi connectivity index (χ3v) is 4.53. The largest absolute Gasteiger partial charge is 0.352 e. The van der Waals surface area contributed by atoms with Crippen molar-refractivity contribution in [2.75, 3.05) is 24.6 Å². The number of hydrogen-bond donors (Lipinski definition) is 2. The van der Waals surface area contributed by atoms with Gasteiger partial charge < -0.3 is 10.6 Å². The number of piperidine rings is 1. The lowest BCUT2D eigenvalue weighted by Gasteiger charge is -2.26. The molecule has 4 heteroatoms. The topological polar surface area (TPSA) is 41.1 Å². The van der Waals surface area contributed by atoms with Gasteiger partial charge in [-0.1, -0.05) is 0 Å². The van der Waals surface area contributed by atoms with E-state index in [-0.39, 0.29) is 5.91 Å². The van der Waals surface area contributed by atoms with Crippen LogP contribution in [0.2, 0.25) is 0 Å². The van der Waals surface area contributed by atoms with E-state index in [1.54, 1.807) is 0 Å². The van der Waals surface area contributed by atoms with Crippen LogP contribution in [0, 0.1) is 5.92 Å². The van der Waals surface area contributed by atoms with E-state index in [9.17, 15) is 4.79 Å². The van der Waals surface area contributed by atoms with Crippen LogP contribution in [0.25, 0.3) is 0 Å². The Hall–Kier alpha value is -0.220. The Labute approximate surface area is 102 Å². The third kappa shape index (κ3) is 3.98. The summed E-state index contributed by atoms with van der Waals surface area (Å²) >= 11 is 2.02. The second kappa shape index (κ2) is 6.50. The van der Waals surface area contributed by atoms with Crippen LogP contribution in [0.15, 0.2) is 0 Å². The smallest absolute Gasteiger partial charge is 0.220 e. The third-order valence-electron chi connectivity index (χ3n) is 3.48. The molecule has 92 valence electrons. The lowest BCUT2D eigenvalue weighted by molar-refractivity contribution is -0.122. The van der Waals surface area contributed by atoms with Gasteiger partial charge in [0.05, 0.1) is 0 Å². The van der Waals surface area contributed by atoms with E-state index in [0.717, 1.165) is 25.9 Å². The molecule has 2 N–H and O–H groups in total. The molecule has 1 unspecified atom stereocenters. The van der Waals surface area contributed by atoms with Crippen LogP contribution in [0.4, 0.5) is 0 Å². The molecule has 0 aromatic rings. The Balaban J connectivity index is 1.66. The summed E-state index contributed by atoms with van der Waals surface area (Å²) in [6.45, 7) is 2.05. The van der Waals surface area contributed by atoms with Crippen LogP contribution >= 0.6 is 11.8 Å². The molecule has 0 radical (unpaired) electrons. The Morgan fingerprint density at radius 3 is 2.81 bits per heavy atom. The number of carbonyl (C=O) groups excluding carboxylic acids is 1. The minimum absolute atomic E-state index is 0.269. The van der Waals surface area contributed by atoms with Crippen LogP contribution in [-0.2, 0) is 4.79 Å². The second-order valence-corrected chi connectivity index (χ2v) is 6.10. The van der Waals surface area contributed by atoms with E-state index in [0.29, 0.717) is 12.0 Å². The molecule has 2 rings (SSSR count). The maximum absolute atomic E-state index is 11.8. The molecular weight excluding hydrogens is 220 g/mol. The SMILES string of the molecule is O=C(CC1CCSCC1)NC1CCCNC1. The highest BCUT2D eigenvalue weighted by molar-refractivity contribution is 7.99. The van der Waals surface area contributed by atoms with Gasteiger partial charge in [-0.15, -0.1) is 0 Å². The van der Waals surface area contributed by atoms with Gasteiger partial charge in [0.2, 0.25) is 5.91 Å². The lowest BCUT2D eigenvalue weighted by atomic mass is 9.98. The van der Waals surface area contributed by atoms with E-state index < -0.39 is 0 Å². The van der Waals surface area contributed by atoms with Crippen LogP contribution in [0.1, 0.15) is 32.1 Å². The fourth-order valence-corrected chi connectivity index (χ4v) is 3.68. The molecule has 2 fully saturated rings. The normalized spacial score (nSPS) is 27.6. The Morgan fingerprint density at radius 1 is 1.31 bits per heavy atom. The molecule has 1 atom stereocenters. The van der Waals surface area contributed by atoms with E-state index in [1.807, 2.05) is 11.8 Å². The molecule has 0 spiro atoms. The monoisotopic (exact) mass is 242 g/mol. The van der Waals surface area contributed by atoms with Crippen LogP contribution in [0.3, 0.4) is 0 Å². The van der Waals surface area contributed by atoms with Crippen molar-refractivity contribution in [3.63, 3.8) is 0 Å². The summed E-state index contributed by atoms with van der Waals surface area (Å²) in [5.41, 5.74) is 0. The van der Waals surface area contributed by atoms with E-state index in [4.69, 9.17) is 0 Å². The van der Waals surface area contributed by atoms with Gasteiger partial charge in [0.15, 0.2) is 0 Å². The fourth-order valence-electron chi connectivity index (χ4n) is 2.47. The molecule has 0 bridgehead atoms. The van der Waals surface area contributed by atoms with Crippen molar-refractivity contribution < 1.29 is 4.79 Å². The summed E-state index contributed by atoms with van der Waals surface area (Å²) in [6.07, 6.45) is 5.52.